The van der Waals surface area contributed by atoms with Crippen LogP contribution in [0.5, 0.6) is 0 Å². The Balaban J connectivity index is -0.000000239. The number of unbranched alkanes of at least 4 members (excludes halogenated alkanes) is 18. The molecule has 12 heteroatoms. The Kier molecular flexibility index (Phi) is 43.2. The number of rotatable bonds is 22. The van der Waals surface area contributed by atoms with Gasteiger partial charge in [-0.3, -0.25) is 13.7 Å². The molecule has 0 aromatic carbocycles. The molecule has 212 valence electrons. The quantitative estimate of drug-likeness (QED) is 0.0712. The average Bonchev–Trinajstić information content (AvgIpc) is 2.75. The van der Waals surface area contributed by atoms with E-state index in [1.165, 1.54) is 141 Å². The summed E-state index contributed by atoms with van der Waals surface area (Å²) in [6, 6.07) is 0. The molecule has 0 bridgehead atoms. The van der Waals surface area contributed by atoms with E-state index in [2.05, 4.69) is 18.0 Å². The van der Waals surface area contributed by atoms with Crippen molar-refractivity contribution in [2.45, 2.75) is 146 Å². The van der Waals surface area contributed by atoms with Gasteiger partial charge in [-0.2, -0.15) is 16.8 Å². The van der Waals surface area contributed by atoms with Crippen LogP contribution in [-0.2, 0) is 25.0 Å². The van der Waals surface area contributed by atoms with E-state index in [1.807, 2.05) is 0 Å². The van der Waals surface area contributed by atoms with E-state index in [0.717, 1.165) is 12.8 Å². The van der Waals surface area contributed by atoms with Gasteiger partial charge in [0, 0.05) is 0 Å². The van der Waals surface area contributed by atoms with Crippen molar-refractivity contribution in [2.24, 2.45) is 0 Å². The van der Waals surface area contributed by atoms with Crippen molar-refractivity contribution in [1.82, 2.24) is 0 Å². The zero-order chi connectivity index (χ0) is 27.3. The second-order valence-electron chi connectivity index (χ2n) is 9.06. The van der Waals surface area contributed by atoms with Crippen molar-refractivity contribution in [3.63, 3.8) is 0 Å². The summed E-state index contributed by atoms with van der Waals surface area (Å²) in [5, 5.41) is 0. The van der Waals surface area contributed by atoms with Gasteiger partial charge in [0.15, 0.2) is 0 Å². The predicted molar refractivity (Wildman–Crippen MR) is 153 cm³/mol. The monoisotopic (exact) mass is 580 g/mol. The molecule has 0 aliphatic carbocycles. The molecule has 0 rings (SSSR count). The van der Waals surface area contributed by atoms with Gasteiger partial charge in [-0.05, 0) is 6.42 Å². The van der Waals surface area contributed by atoms with Crippen LogP contribution < -0.4 is 0 Å². The Morgan fingerprint density at radius 2 is 0.778 bits per heavy atom. The Hall–Kier alpha value is 1.74. The van der Waals surface area contributed by atoms with E-state index in [-0.39, 0.29) is 36.2 Å². The molecule has 0 aromatic rings. The molecule has 0 spiro atoms. The van der Waals surface area contributed by atoms with E-state index in [1.54, 1.807) is 0 Å². The van der Waals surface area contributed by atoms with Crippen LogP contribution in [0.25, 0.3) is 0 Å². The topological polar surface area (TPSA) is 138 Å². The fourth-order valence-corrected chi connectivity index (χ4v) is 4.32. The zero-order valence-electron chi connectivity index (χ0n) is 22.8. The van der Waals surface area contributed by atoms with Crippen LogP contribution in [0.1, 0.15) is 142 Å². The molecule has 0 heterocycles. The van der Waals surface area contributed by atoms with E-state index < -0.39 is 20.8 Å². The zero-order valence-corrected chi connectivity index (χ0v) is 26.4. The van der Waals surface area contributed by atoms with Gasteiger partial charge in [0.25, 0.3) is 0 Å². The SMILES string of the molecule is CCCCCCCCCCCCOS(=O)(=O)O.CCCCCCCCCCC[CH2][Na].O=S(=O)(O)O.[NaH]. The molecule has 0 aliphatic heterocycles. The van der Waals surface area contributed by atoms with Crippen LogP contribution >= 0.6 is 0 Å². The molecule has 3 N–H and O–H groups in total. The van der Waals surface area contributed by atoms with E-state index >= 15 is 0 Å². The van der Waals surface area contributed by atoms with E-state index in [9.17, 15) is 8.42 Å². The number of hydrogen-bond acceptors (Lipinski definition) is 5. The minimum atomic E-state index is -4.67. The van der Waals surface area contributed by atoms with Crippen molar-refractivity contribution < 1.29 is 34.7 Å². The first-order valence-corrected chi connectivity index (χ1v) is 18.0. The second-order valence-corrected chi connectivity index (χ2v) is 12.0. The van der Waals surface area contributed by atoms with Crippen LogP contribution in [0, 0.1) is 0 Å². The summed E-state index contributed by atoms with van der Waals surface area (Å²) in [7, 11) is -8.90. The Bertz CT molecular complexity index is 585. The molecule has 0 aromatic heterocycles. The first kappa shape index (κ1) is 44.7. The van der Waals surface area contributed by atoms with Crippen molar-refractivity contribution >= 4 is 78.3 Å². The summed E-state index contributed by atoms with van der Waals surface area (Å²) in [6.07, 6.45) is 26.6. The first-order chi connectivity index (χ1) is 16.5. The van der Waals surface area contributed by atoms with Crippen LogP contribution in [0.15, 0.2) is 0 Å². The van der Waals surface area contributed by atoms with Gasteiger partial charge in [0.1, 0.15) is 0 Å². The van der Waals surface area contributed by atoms with Crippen molar-refractivity contribution in [1.29, 1.82) is 0 Å². The molecule has 0 unspecified atom stereocenters. The molecular formula is C24H54Na2O8S2. The summed E-state index contributed by atoms with van der Waals surface area (Å²) in [5.41, 5.74) is 0. The second kappa shape index (κ2) is 34.8. The predicted octanol–water partition coefficient (Wildman–Crippen LogP) is 6.92. The molecule has 0 saturated heterocycles. The van der Waals surface area contributed by atoms with Crippen LogP contribution in [0.4, 0.5) is 0 Å². The summed E-state index contributed by atoms with van der Waals surface area (Å²) in [4.78, 5) is 0. The van der Waals surface area contributed by atoms with Gasteiger partial charge >= 0.3 is 153 Å². The van der Waals surface area contributed by atoms with Gasteiger partial charge in [0.05, 0.1) is 6.61 Å². The molecule has 0 amide bonds. The minimum absolute atomic E-state index is 0. The fraction of sp³-hybridized carbons (Fsp3) is 1.00. The van der Waals surface area contributed by atoms with Gasteiger partial charge in [0.2, 0.25) is 0 Å². The third-order valence-corrected chi connectivity index (χ3v) is 6.61. The molecule has 8 nitrogen and oxygen atoms in total. The maximum absolute atomic E-state index is 10.2. The maximum atomic E-state index is 10.2. The third kappa shape index (κ3) is 65.1. The third-order valence-electron chi connectivity index (χ3n) is 5.44. The van der Waals surface area contributed by atoms with Crippen LogP contribution in [0.2, 0.25) is 3.67 Å². The van der Waals surface area contributed by atoms with Gasteiger partial charge in [-0.15, -0.1) is 0 Å². The van der Waals surface area contributed by atoms with Gasteiger partial charge < -0.3 is 0 Å². The van der Waals surface area contributed by atoms with Crippen LogP contribution in [-0.4, -0.2) is 94.6 Å². The summed E-state index contributed by atoms with van der Waals surface area (Å²) in [5.74, 6) is 0. The normalized spacial score (nSPS) is 11.1. The molecule has 36 heavy (non-hydrogen) atoms. The fourth-order valence-electron chi connectivity index (χ4n) is 3.49. The number of hydrogen-bond donors (Lipinski definition) is 3. The van der Waals surface area contributed by atoms with Crippen molar-refractivity contribution in [3.8, 4) is 0 Å². The Morgan fingerprint density at radius 3 is 1.03 bits per heavy atom. The Morgan fingerprint density at radius 1 is 0.528 bits per heavy atom. The molecule has 0 fully saturated rings. The summed E-state index contributed by atoms with van der Waals surface area (Å²) in [6.45, 7) is 4.60. The molecule has 0 atom stereocenters. The summed E-state index contributed by atoms with van der Waals surface area (Å²) >= 11 is 1.41. The van der Waals surface area contributed by atoms with Crippen LogP contribution in [0.3, 0.4) is 0 Å². The molecular weight excluding hydrogens is 526 g/mol. The van der Waals surface area contributed by atoms with E-state index in [0.29, 0.717) is 6.42 Å². The van der Waals surface area contributed by atoms with Gasteiger partial charge in [-0.25, -0.2) is 4.18 Å². The molecule has 0 radical (unpaired) electrons. The van der Waals surface area contributed by atoms with Crippen molar-refractivity contribution in [2.75, 3.05) is 6.61 Å². The summed E-state index contributed by atoms with van der Waals surface area (Å²) < 4.78 is 66.1. The Labute approximate surface area is 263 Å². The van der Waals surface area contributed by atoms with E-state index in [4.69, 9.17) is 22.1 Å². The average molecular weight is 581 g/mol. The molecule has 0 aliphatic rings. The van der Waals surface area contributed by atoms with Gasteiger partial charge in [-0.1, -0.05) is 64.7 Å². The molecule has 0 saturated carbocycles. The first-order valence-electron chi connectivity index (χ1n) is 13.8. The van der Waals surface area contributed by atoms with Crippen molar-refractivity contribution in [3.05, 3.63) is 0 Å². The standard InChI is InChI=1S/C12H26O4S.C12H25.2Na.H2O4S.H/c1-2-3-4-5-6-7-8-9-10-11-12-16-17(13,14)15;1-3-5-7-9-11-12-10-8-6-4-2;;;1-5(2,3)4;/h2-12H2,1H3,(H,13,14,15);1,3-12H2,2H3;;;(H2,1,2,3,4);.